The Balaban J connectivity index is 2.05. The average molecular weight is 169 g/mol. The van der Waals surface area contributed by atoms with Crippen LogP contribution in [0.1, 0.15) is 32.1 Å². The van der Waals surface area contributed by atoms with Crippen LogP contribution in [-0.4, -0.2) is 19.8 Å². The van der Waals surface area contributed by atoms with Gasteiger partial charge in [-0.1, -0.05) is 6.42 Å². The van der Waals surface area contributed by atoms with Gasteiger partial charge in [-0.05, 0) is 43.6 Å². The van der Waals surface area contributed by atoms with E-state index in [2.05, 4.69) is 0 Å². The van der Waals surface area contributed by atoms with E-state index < -0.39 is 0 Å². The van der Waals surface area contributed by atoms with Gasteiger partial charge in [0.05, 0.1) is 0 Å². The Hall–Kier alpha value is -0.0800. The first-order valence-electron chi connectivity index (χ1n) is 5.15. The van der Waals surface area contributed by atoms with E-state index in [1.807, 2.05) is 0 Å². The van der Waals surface area contributed by atoms with Crippen LogP contribution in [0.15, 0.2) is 0 Å². The van der Waals surface area contributed by atoms with Crippen molar-refractivity contribution in [1.82, 2.24) is 0 Å². The number of hydrogen-bond donors (Lipinski definition) is 1. The van der Waals surface area contributed by atoms with Gasteiger partial charge in [0.1, 0.15) is 0 Å². The Kier molecular flexibility index (Phi) is 2.37. The number of hydrogen-bond acceptors (Lipinski definition) is 2. The highest BCUT2D eigenvalue weighted by Crippen LogP contribution is 2.49. The summed E-state index contributed by atoms with van der Waals surface area (Å²) in [7, 11) is 0. The summed E-state index contributed by atoms with van der Waals surface area (Å²) in [6, 6.07) is 0. The molecule has 1 saturated heterocycles. The van der Waals surface area contributed by atoms with Gasteiger partial charge in [-0.2, -0.15) is 0 Å². The Labute approximate surface area is 74.5 Å². The number of rotatable bonds is 1. The molecule has 1 aliphatic heterocycles. The molecule has 2 nitrogen and oxygen atoms in total. The Morgan fingerprint density at radius 3 is 2.67 bits per heavy atom. The molecule has 0 aromatic carbocycles. The molecule has 1 heterocycles. The molecule has 1 spiro atoms. The normalized spacial score (nSPS) is 34.2. The summed E-state index contributed by atoms with van der Waals surface area (Å²) in [6.07, 6.45) is 6.67. The molecule has 0 amide bonds. The lowest BCUT2D eigenvalue weighted by molar-refractivity contribution is -0.00391. The third kappa shape index (κ3) is 1.27. The molecule has 0 aromatic heterocycles. The van der Waals surface area contributed by atoms with Gasteiger partial charge < -0.3 is 10.5 Å². The molecule has 1 atom stereocenters. The first-order valence-corrected chi connectivity index (χ1v) is 5.15. The fourth-order valence-electron chi connectivity index (χ4n) is 3.01. The van der Waals surface area contributed by atoms with Gasteiger partial charge >= 0.3 is 0 Å². The van der Waals surface area contributed by atoms with E-state index in [1.54, 1.807) is 0 Å². The standard InChI is InChI=1S/C10H19NO/c11-8-9-2-1-3-10(9)4-6-12-7-5-10/h9H,1-8,11H2. The largest absolute Gasteiger partial charge is 0.381 e. The van der Waals surface area contributed by atoms with Crippen molar-refractivity contribution < 1.29 is 4.74 Å². The van der Waals surface area contributed by atoms with Gasteiger partial charge in [-0.25, -0.2) is 0 Å². The first-order chi connectivity index (χ1) is 5.87. The molecule has 0 bridgehead atoms. The van der Waals surface area contributed by atoms with E-state index >= 15 is 0 Å². The smallest absolute Gasteiger partial charge is 0.0471 e. The van der Waals surface area contributed by atoms with Crippen molar-refractivity contribution in [2.24, 2.45) is 17.1 Å². The molecule has 1 aliphatic carbocycles. The van der Waals surface area contributed by atoms with E-state index in [4.69, 9.17) is 10.5 Å². The molecule has 12 heavy (non-hydrogen) atoms. The van der Waals surface area contributed by atoms with E-state index in [-0.39, 0.29) is 0 Å². The average Bonchev–Trinajstić information content (AvgIpc) is 2.49. The highest BCUT2D eigenvalue weighted by Gasteiger charge is 2.42. The van der Waals surface area contributed by atoms with Crippen LogP contribution in [0.2, 0.25) is 0 Å². The minimum absolute atomic E-state index is 0.590. The molecule has 2 N–H and O–H groups in total. The van der Waals surface area contributed by atoms with Crippen molar-refractivity contribution in [1.29, 1.82) is 0 Å². The maximum atomic E-state index is 5.80. The first kappa shape index (κ1) is 8.52. The molecule has 2 rings (SSSR count). The topological polar surface area (TPSA) is 35.2 Å². The molecular weight excluding hydrogens is 150 g/mol. The molecule has 2 heteroatoms. The Morgan fingerprint density at radius 1 is 1.25 bits per heavy atom. The van der Waals surface area contributed by atoms with E-state index in [9.17, 15) is 0 Å². The summed E-state index contributed by atoms with van der Waals surface area (Å²) >= 11 is 0. The van der Waals surface area contributed by atoms with Gasteiger partial charge in [0.15, 0.2) is 0 Å². The predicted molar refractivity (Wildman–Crippen MR) is 48.9 cm³/mol. The van der Waals surface area contributed by atoms with Crippen LogP contribution in [0, 0.1) is 11.3 Å². The highest BCUT2D eigenvalue weighted by atomic mass is 16.5. The molecular formula is C10H19NO. The zero-order valence-corrected chi connectivity index (χ0v) is 7.72. The van der Waals surface area contributed by atoms with Gasteiger partial charge in [0.25, 0.3) is 0 Å². The third-order valence-corrected chi connectivity index (χ3v) is 3.87. The van der Waals surface area contributed by atoms with Gasteiger partial charge in [0, 0.05) is 13.2 Å². The van der Waals surface area contributed by atoms with Crippen molar-refractivity contribution in [2.75, 3.05) is 19.8 Å². The van der Waals surface area contributed by atoms with Gasteiger partial charge in [-0.15, -0.1) is 0 Å². The van der Waals surface area contributed by atoms with Crippen LogP contribution in [0.5, 0.6) is 0 Å². The zero-order chi connectivity index (χ0) is 8.44. The van der Waals surface area contributed by atoms with E-state index in [1.165, 1.54) is 32.1 Å². The summed E-state index contributed by atoms with van der Waals surface area (Å²) in [5.41, 5.74) is 6.39. The van der Waals surface area contributed by atoms with Crippen LogP contribution in [-0.2, 0) is 4.74 Å². The fraction of sp³-hybridized carbons (Fsp3) is 1.00. The molecule has 1 saturated carbocycles. The molecule has 70 valence electrons. The van der Waals surface area contributed by atoms with Gasteiger partial charge in [-0.3, -0.25) is 0 Å². The number of nitrogens with two attached hydrogens (primary N) is 1. The Bertz CT molecular complexity index is 152. The van der Waals surface area contributed by atoms with Crippen LogP contribution in [0.4, 0.5) is 0 Å². The van der Waals surface area contributed by atoms with E-state index in [0.717, 1.165) is 25.7 Å². The van der Waals surface area contributed by atoms with Crippen LogP contribution < -0.4 is 5.73 Å². The second kappa shape index (κ2) is 3.35. The second-order valence-corrected chi connectivity index (χ2v) is 4.30. The Morgan fingerprint density at radius 2 is 2.00 bits per heavy atom. The zero-order valence-electron chi connectivity index (χ0n) is 7.72. The minimum Gasteiger partial charge on any atom is -0.381 e. The van der Waals surface area contributed by atoms with Crippen LogP contribution >= 0.6 is 0 Å². The molecule has 2 fully saturated rings. The van der Waals surface area contributed by atoms with Crippen molar-refractivity contribution in [2.45, 2.75) is 32.1 Å². The van der Waals surface area contributed by atoms with Crippen LogP contribution in [0.3, 0.4) is 0 Å². The second-order valence-electron chi connectivity index (χ2n) is 4.30. The monoisotopic (exact) mass is 169 g/mol. The minimum atomic E-state index is 0.590. The van der Waals surface area contributed by atoms with Gasteiger partial charge in [0.2, 0.25) is 0 Å². The maximum Gasteiger partial charge on any atom is 0.0471 e. The maximum absolute atomic E-state index is 5.80. The quantitative estimate of drug-likeness (QED) is 0.646. The van der Waals surface area contributed by atoms with Crippen molar-refractivity contribution in [3.63, 3.8) is 0 Å². The summed E-state index contributed by atoms with van der Waals surface area (Å²) in [6.45, 7) is 2.83. The summed E-state index contributed by atoms with van der Waals surface area (Å²) < 4.78 is 5.41. The summed E-state index contributed by atoms with van der Waals surface area (Å²) in [5.74, 6) is 0.793. The number of ether oxygens (including phenoxy) is 1. The summed E-state index contributed by atoms with van der Waals surface area (Å²) in [4.78, 5) is 0. The molecule has 0 radical (unpaired) electrons. The molecule has 0 aromatic rings. The van der Waals surface area contributed by atoms with Crippen molar-refractivity contribution in [3.8, 4) is 0 Å². The SMILES string of the molecule is NCC1CCCC12CCOCC2. The predicted octanol–water partition coefficient (Wildman–Crippen LogP) is 1.54. The fourth-order valence-corrected chi connectivity index (χ4v) is 3.01. The lowest BCUT2D eigenvalue weighted by Gasteiger charge is -2.38. The van der Waals surface area contributed by atoms with Crippen LogP contribution in [0.25, 0.3) is 0 Å². The lowest BCUT2D eigenvalue weighted by Crippen LogP contribution is -2.36. The van der Waals surface area contributed by atoms with Crippen molar-refractivity contribution >= 4 is 0 Å². The third-order valence-electron chi connectivity index (χ3n) is 3.87. The summed E-state index contributed by atoms with van der Waals surface area (Å²) in [5, 5.41) is 0. The van der Waals surface area contributed by atoms with E-state index in [0.29, 0.717) is 5.41 Å². The highest BCUT2D eigenvalue weighted by molar-refractivity contribution is 4.93. The molecule has 2 aliphatic rings. The molecule has 1 unspecified atom stereocenters. The lowest BCUT2D eigenvalue weighted by atomic mass is 9.72. The van der Waals surface area contributed by atoms with Crippen molar-refractivity contribution in [3.05, 3.63) is 0 Å².